The molecule has 4 unspecified atom stereocenters. The predicted molar refractivity (Wildman–Crippen MR) is 58.5 cm³/mol. The zero-order chi connectivity index (χ0) is 10.6. The molecule has 3 saturated carbocycles. The second-order valence-electron chi connectivity index (χ2n) is 5.67. The smallest absolute Gasteiger partial charge is 0.0795 e. The third-order valence-electron chi connectivity index (χ3n) is 4.50. The van der Waals surface area contributed by atoms with Gasteiger partial charge in [-0.2, -0.15) is 0 Å². The Kier molecular flexibility index (Phi) is 2.31. The Morgan fingerprint density at radius 1 is 1.50 bits per heavy atom. The maximum Gasteiger partial charge on any atom is 0.0795 e. The van der Waals surface area contributed by atoms with Crippen molar-refractivity contribution in [2.24, 2.45) is 17.3 Å². The van der Waals surface area contributed by atoms with E-state index in [0.717, 1.165) is 25.2 Å². The second kappa shape index (κ2) is 3.05. The summed E-state index contributed by atoms with van der Waals surface area (Å²) in [5, 5.41) is 10.5. The topological polar surface area (TPSA) is 37.3 Å². The van der Waals surface area contributed by atoms with E-state index in [1.807, 2.05) is 0 Å². The summed E-state index contributed by atoms with van der Waals surface area (Å²) in [6.45, 7) is 4.49. The van der Waals surface area contributed by atoms with E-state index in [0.29, 0.717) is 11.7 Å². The van der Waals surface area contributed by atoms with Crippen LogP contribution in [0.2, 0.25) is 0 Å². The van der Waals surface area contributed by atoms with Gasteiger partial charge in [-0.25, -0.2) is 0 Å². The fraction of sp³-hybridized carbons (Fsp3) is 1.00. The lowest BCUT2D eigenvalue weighted by Crippen LogP contribution is -2.63. The van der Waals surface area contributed by atoms with Gasteiger partial charge in [-0.05, 0) is 36.5 Å². The molecule has 0 aromatic heterocycles. The van der Waals surface area contributed by atoms with Crippen molar-refractivity contribution in [1.29, 1.82) is 0 Å². The average molecular weight is 216 g/mol. The van der Waals surface area contributed by atoms with E-state index >= 15 is 0 Å². The van der Waals surface area contributed by atoms with Crippen LogP contribution in [-0.2, 0) is 10.8 Å². The molecule has 82 valence electrons. The molecule has 3 heteroatoms. The lowest BCUT2D eigenvalue weighted by molar-refractivity contribution is -0.190. The van der Waals surface area contributed by atoms with Gasteiger partial charge in [0.2, 0.25) is 0 Å². The predicted octanol–water partition coefficient (Wildman–Crippen LogP) is 1.55. The largest absolute Gasteiger partial charge is 0.389 e. The summed E-state index contributed by atoms with van der Waals surface area (Å²) in [6, 6.07) is 0. The first-order valence-corrected chi connectivity index (χ1v) is 7.11. The van der Waals surface area contributed by atoms with E-state index in [1.165, 1.54) is 0 Å². The van der Waals surface area contributed by atoms with Crippen molar-refractivity contribution in [3.8, 4) is 0 Å². The molecular weight excluding hydrogens is 196 g/mol. The summed E-state index contributed by atoms with van der Waals surface area (Å²) in [4.78, 5) is 0. The maximum atomic E-state index is 11.2. The molecule has 3 aliphatic rings. The third-order valence-corrected chi connectivity index (χ3v) is 5.40. The van der Waals surface area contributed by atoms with Gasteiger partial charge >= 0.3 is 0 Å². The van der Waals surface area contributed by atoms with Gasteiger partial charge in [-0.15, -0.1) is 0 Å². The standard InChI is InChI=1S/C11H20O2S/c1-10(2)8-4-5-11(12,7-14(3)13)9(10)6-8/h8-9,12H,4-7H2,1-3H3. The molecule has 0 saturated heterocycles. The second-order valence-corrected chi connectivity index (χ2v) is 7.10. The molecule has 0 aromatic carbocycles. The van der Waals surface area contributed by atoms with Crippen molar-refractivity contribution >= 4 is 10.8 Å². The minimum absolute atomic E-state index is 0.270. The average Bonchev–Trinajstić information content (AvgIpc) is 2.00. The van der Waals surface area contributed by atoms with Crippen LogP contribution in [0.1, 0.15) is 33.1 Å². The van der Waals surface area contributed by atoms with Crippen LogP contribution >= 0.6 is 0 Å². The zero-order valence-corrected chi connectivity index (χ0v) is 10.1. The number of hydrogen-bond acceptors (Lipinski definition) is 2. The summed E-state index contributed by atoms with van der Waals surface area (Å²) in [5.41, 5.74) is -0.371. The highest BCUT2D eigenvalue weighted by molar-refractivity contribution is 7.84. The van der Waals surface area contributed by atoms with E-state index in [9.17, 15) is 9.32 Å². The monoisotopic (exact) mass is 216 g/mol. The summed E-state index contributed by atoms with van der Waals surface area (Å²) < 4.78 is 11.2. The van der Waals surface area contributed by atoms with Crippen LogP contribution in [0.4, 0.5) is 0 Å². The van der Waals surface area contributed by atoms with Crippen molar-refractivity contribution in [3.05, 3.63) is 0 Å². The first kappa shape index (κ1) is 10.6. The SMILES string of the molecule is CS(=O)CC1(O)CCC2CC1C2(C)C. The minimum Gasteiger partial charge on any atom is -0.389 e. The summed E-state index contributed by atoms with van der Waals surface area (Å²) in [5.74, 6) is 1.63. The highest BCUT2D eigenvalue weighted by atomic mass is 32.2. The van der Waals surface area contributed by atoms with Crippen LogP contribution < -0.4 is 0 Å². The molecule has 4 atom stereocenters. The fourth-order valence-electron chi connectivity index (χ4n) is 3.54. The first-order valence-electron chi connectivity index (χ1n) is 5.39. The van der Waals surface area contributed by atoms with Crippen molar-refractivity contribution in [3.63, 3.8) is 0 Å². The Balaban J connectivity index is 2.17. The highest BCUT2D eigenvalue weighted by Gasteiger charge is 2.60. The Bertz CT molecular complexity index is 272. The highest BCUT2D eigenvalue weighted by Crippen LogP contribution is 2.62. The van der Waals surface area contributed by atoms with E-state index < -0.39 is 16.4 Å². The summed E-state index contributed by atoms with van der Waals surface area (Å²) in [7, 11) is -0.882. The van der Waals surface area contributed by atoms with Crippen LogP contribution in [0.15, 0.2) is 0 Å². The summed E-state index contributed by atoms with van der Waals surface area (Å²) >= 11 is 0. The Labute approximate surface area is 88.5 Å². The van der Waals surface area contributed by atoms with Crippen LogP contribution in [0.5, 0.6) is 0 Å². The molecule has 14 heavy (non-hydrogen) atoms. The van der Waals surface area contributed by atoms with Gasteiger partial charge in [0.1, 0.15) is 0 Å². The molecule has 0 spiro atoms. The van der Waals surface area contributed by atoms with E-state index in [4.69, 9.17) is 0 Å². The molecule has 3 aliphatic carbocycles. The van der Waals surface area contributed by atoms with Gasteiger partial charge in [0, 0.05) is 17.1 Å². The van der Waals surface area contributed by atoms with Crippen LogP contribution in [-0.4, -0.2) is 26.9 Å². The van der Waals surface area contributed by atoms with Gasteiger partial charge in [0.15, 0.2) is 0 Å². The molecule has 0 heterocycles. The van der Waals surface area contributed by atoms with E-state index in [1.54, 1.807) is 6.26 Å². The normalized spacial score (nSPS) is 46.9. The Hall–Kier alpha value is 0.110. The molecule has 3 rings (SSSR count). The van der Waals surface area contributed by atoms with Gasteiger partial charge in [0.05, 0.1) is 11.4 Å². The van der Waals surface area contributed by atoms with Gasteiger partial charge < -0.3 is 5.11 Å². The van der Waals surface area contributed by atoms with Crippen molar-refractivity contribution in [2.45, 2.75) is 38.7 Å². The number of hydrogen-bond donors (Lipinski definition) is 1. The van der Waals surface area contributed by atoms with E-state index in [-0.39, 0.29) is 5.41 Å². The Morgan fingerprint density at radius 2 is 2.14 bits per heavy atom. The molecule has 1 N–H and O–H groups in total. The van der Waals surface area contributed by atoms with Crippen LogP contribution in [0, 0.1) is 17.3 Å². The molecule has 0 radical (unpaired) electrons. The van der Waals surface area contributed by atoms with Crippen molar-refractivity contribution < 1.29 is 9.32 Å². The van der Waals surface area contributed by atoms with Gasteiger partial charge in [-0.3, -0.25) is 4.21 Å². The number of rotatable bonds is 2. The minimum atomic E-state index is -0.882. The van der Waals surface area contributed by atoms with E-state index in [2.05, 4.69) is 13.8 Å². The Morgan fingerprint density at radius 3 is 2.57 bits per heavy atom. The van der Waals surface area contributed by atoms with Crippen molar-refractivity contribution in [1.82, 2.24) is 0 Å². The zero-order valence-electron chi connectivity index (χ0n) is 9.25. The molecule has 0 amide bonds. The molecule has 2 nitrogen and oxygen atoms in total. The quantitative estimate of drug-likeness (QED) is 0.760. The molecular formula is C11H20O2S. The lowest BCUT2D eigenvalue weighted by Gasteiger charge is -2.63. The molecule has 0 aliphatic heterocycles. The van der Waals surface area contributed by atoms with Gasteiger partial charge in [0.25, 0.3) is 0 Å². The molecule has 3 fully saturated rings. The molecule has 0 aromatic rings. The molecule has 2 bridgehead atoms. The van der Waals surface area contributed by atoms with Crippen molar-refractivity contribution in [2.75, 3.05) is 12.0 Å². The maximum absolute atomic E-state index is 11.2. The number of fused-ring (bicyclic) bond motifs is 2. The number of aliphatic hydroxyl groups is 1. The lowest BCUT2D eigenvalue weighted by atomic mass is 9.44. The third kappa shape index (κ3) is 1.36. The van der Waals surface area contributed by atoms with Crippen LogP contribution in [0.3, 0.4) is 0 Å². The first-order chi connectivity index (χ1) is 6.36. The summed E-state index contributed by atoms with van der Waals surface area (Å²) in [6.07, 6.45) is 4.79. The van der Waals surface area contributed by atoms with Gasteiger partial charge in [-0.1, -0.05) is 13.8 Å². The fourth-order valence-corrected chi connectivity index (χ4v) is 4.59. The van der Waals surface area contributed by atoms with Crippen LogP contribution in [0.25, 0.3) is 0 Å².